The predicted octanol–water partition coefficient (Wildman–Crippen LogP) is 1.54. The molecular weight excluding hydrogens is 192 g/mol. The van der Waals surface area contributed by atoms with E-state index < -0.39 is 5.97 Å². The molecule has 0 bridgehead atoms. The minimum Gasteiger partial charge on any atom is -0.478 e. The number of carboxylic acid groups (broad SMARTS) is 1. The molecule has 0 aromatic heterocycles. The third kappa shape index (κ3) is 3.99. The second kappa shape index (κ2) is 6.03. The summed E-state index contributed by atoms with van der Waals surface area (Å²) in [5.41, 5.74) is 6.51. The van der Waals surface area contributed by atoms with Crippen LogP contribution in [0.1, 0.15) is 23.2 Å². The van der Waals surface area contributed by atoms with Gasteiger partial charge in [0.05, 0.1) is 5.56 Å². The van der Waals surface area contributed by atoms with Crippen molar-refractivity contribution in [2.24, 2.45) is 5.73 Å². The van der Waals surface area contributed by atoms with E-state index in [9.17, 15) is 4.79 Å². The van der Waals surface area contributed by atoms with Gasteiger partial charge in [-0.1, -0.05) is 6.07 Å². The van der Waals surface area contributed by atoms with Gasteiger partial charge in [-0.05, 0) is 37.6 Å². The van der Waals surface area contributed by atoms with Gasteiger partial charge in [-0.25, -0.2) is 4.79 Å². The van der Waals surface area contributed by atoms with Gasteiger partial charge in [0.1, 0.15) is 0 Å². The zero-order chi connectivity index (χ0) is 11.1. The maximum atomic E-state index is 10.7. The van der Waals surface area contributed by atoms with Crippen molar-refractivity contribution in [2.75, 3.05) is 18.4 Å². The Labute approximate surface area is 89.1 Å². The molecule has 0 aliphatic carbocycles. The van der Waals surface area contributed by atoms with Gasteiger partial charge in [0.2, 0.25) is 0 Å². The average Bonchev–Trinajstić information content (AvgIpc) is 2.25. The van der Waals surface area contributed by atoms with Crippen LogP contribution in [0.4, 0.5) is 5.69 Å². The number of carbonyl (C=O) groups is 1. The Morgan fingerprint density at radius 2 is 2.20 bits per heavy atom. The Hall–Kier alpha value is -1.55. The minimum atomic E-state index is -0.902. The Morgan fingerprint density at radius 3 is 2.87 bits per heavy atom. The van der Waals surface area contributed by atoms with E-state index in [0.717, 1.165) is 25.1 Å². The second-order valence-corrected chi connectivity index (χ2v) is 3.31. The molecule has 1 aromatic carbocycles. The SMILES string of the molecule is NCCCCNc1cccc(C(=O)O)c1. The summed E-state index contributed by atoms with van der Waals surface area (Å²) in [6.07, 6.45) is 1.97. The van der Waals surface area contributed by atoms with E-state index >= 15 is 0 Å². The number of aromatic carboxylic acids is 1. The summed E-state index contributed by atoms with van der Waals surface area (Å²) in [5, 5.41) is 11.9. The number of benzene rings is 1. The molecule has 0 unspecified atom stereocenters. The van der Waals surface area contributed by atoms with Crippen LogP contribution in [0.3, 0.4) is 0 Å². The number of nitrogens with two attached hydrogens (primary N) is 1. The first-order chi connectivity index (χ1) is 7.24. The van der Waals surface area contributed by atoms with Crippen molar-refractivity contribution >= 4 is 11.7 Å². The van der Waals surface area contributed by atoms with Gasteiger partial charge in [-0.15, -0.1) is 0 Å². The lowest BCUT2D eigenvalue weighted by Gasteiger charge is -2.06. The fourth-order valence-electron chi connectivity index (χ4n) is 1.26. The number of nitrogens with one attached hydrogen (secondary N) is 1. The van der Waals surface area contributed by atoms with Crippen LogP contribution in [0.5, 0.6) is 0 Å². The average molecular weight is 208 g/mol. The molecule has 0 aliphatic rings. The molecule has 4 heteroatoms. The van der Waals surface area contributed by atoms with E-state index in [-0.39, 0.29) is 0 Å². The molecule has 4 N–H and O–H groups in total. The lowest BCUT2D eigenvalue weighted by atomic mass is 10.2. The predicted molar refractivity (Wildman–Crippen MR) is 60.2 cm³/mol. The van der Waals surface area contributed by atoms with E-state index in [1.807, 2.05) is 6.07 Å². The van der Waals surface area contributed by atoms with Crippen molar-refractivity contribution in [2.45, 2.75) is 12.8 Å². The van der Waals surface area contributed by atoms with Crippen molar-refractivity contribution in [1.82, 2.24) is 0 Å². The molecule has 0 saturated heterocycles. The third-order valence-electron chi connectivity index (χ3n) is 2.07. The van der Waals surface area contributed by atoms with E-state index in [4.69, 9.17) is 10.8 Å². The quantitative estimate of drug-likeness (QED) is 0.620. The molecule has 15 heavy (non-hydrogen) atoms. The van der Waals surface area contributed by atoms with Crippen LogP contribution in [0.25, 0.3) is 0 Å². The summed E-state index contributed by atoms with van der Waals surface area (Å²) in [5.74, 6) is -0.902. The van der Waals surface area contributed by atoms with Crippen LogP contribution >= 0.6 is 0 Å². The first-order valence-electron chi connectivity index (χ1n) is 5.01. The van der Waals surface area contributed by atoms with E-state index in [2.05, 4.69) is 5.32 Å². The van der Waals surface area contributed by atoms with Gasteiger partial charge in [-0.2, -0.15) is 0 Å². The molecule has 0 heterocycles. The Bertz CT molecular complexity index is 326. The molecular formula is C11H16N2O2. The maximum absolute atomic E-state index is 10.7. The molecule has 0 spiro atoms. The summed E-state index contributed by atoms with van der Waals surface area (Å²) < 4.78 is 0. The molecule has 0 amide bonds. The molecule has 0 atom stereocenters. The van der Waals surface area contributed by atoms with E-state index in [1.165, 1.54) is 0 Å². The Kier molecular flexibility index (Phi) is 4.63. The number of hydrogen-bond acceptors (Lipinski definition) is 3. The van der Waals surface area contributed by atoms with Crippen LogP contribution in [-0.4, -0.2) is 24.2 Å². The largest absolute Gasteiger partial charge is 0.478 e. The monoisotopic (exact) mass is 208 g/mol. The fraction of sp³-hybridized carbons (Fsp3) is 0.364. The molecule has 1 rings (SSSR count). The molecule has 0 radical (unpaired) electrons. The van der Waals surface area contributed by atoms with Gasteiger partial charge in [0.15, 0.2) is 0 Å². The van der Waals surface area contributed by atoms with Crippen molar-refractivity contribution in [3.05, 3.63) is 29.8 Å². The van der Waals surface area contributed by atoms with Gasteiger partial charge in [0.25, 0.3) is 0 Å². The number of carboxylic acids is 1. The smallest absolute Gasteiger partial charge is 0.335 e. The lowest BCUT2D eigenvalue weighted by Crippen LogP contribution is -2.06. The van der Waals surface area contributed by atoms with Gasteiger partial charge >= 0.3 is 5.97 Å². The van der Waals surface area contributed by atoms with E-state index in [1.54, 1.807) is 18.2 Å². The zero-order valence-electron chi connectivity index (χ0n) is 8.57. The number of hydrogen-bond donors (Lipinski definition) is 3. The fourth-order valence-corrected chi connectivity index (χ4v) is 1.26. The number of rotatable bonds is 6. The maximum Gasteiger partial charge on any atom is 0.335 e. The Balaban J connectivity index is 2.47. The summed E-state index contributed by atoms with van der Waals surface area (Å²) in [6, 6.07) is 6.79. The second-order valence-electron chi connectivity index (χ2n) is 3.31. The summed E-state index contributed by atoms with van der Waals surface area (Å²) >= 11 is 0. The van der Waals surface area contributed by atoms with Crippen molar-refractivity contribution in [3.63, 3.8) is 0 Å². The van der Waals surface area contributed by atoms with Crippen LogP contribution in [-0.2, 0) is 0 Å². The lowest BCUT2D eigenvalue weighted by molar-refractivity contribution is 0.0697. The Morgan fingerprint density at radius 1 is 1.40 bits per heavy atom. The molecule has 82 valence electrons. The van der Waals surface area contributed by atoms with Crippen LogP contribution in [0.2, 0.25) is 0 Å². The van der Waals surface area contributed by atoms with Gasteiger partial charge < -0.3 is 16.2 Å². The highest BCUT2D eigenvalue weighted by molar-refractivity contribution is 5.88. The molecule has 0 fully saturated rings. The summed E-state index contributed by atoms with van der Waals surface area (Å²) in [7, 11) is 0. The standard InChI is InChI=1S/C11H16N2O2/c12-6-1-2-7-13-10-5-3-4-9(8-10)11(14)15/h3-5,8,13H,1-2,6-7,12H2,(H,14,15). The van der Waals surface area contributed by atoms with Crippen molar-refractivity contribution < 1.29 is 9.90 Å². The van der Waals surface area contributed by atoms with Crippen LogP contribution in [0.15, 0.2) is 24.3 Å². The molecule has 0 saturated carbocycles. The highest BCUT2D eigenvalue weighted by Crippen LogP contribution is 2.10. The van der Waals surface area contributed by atoms with Gasteiger partial charge in [-0.3, -0.25) is 0 Å². The highest BCUT2D eigenvalue weighted by Gasteiger charge is 2.02. The normalized spacial score (nSPS) is 9.93. The van der Waals surface area contributed by atoms with Crippen LogP contribution in [0, 0.1) is 0 Å². The third-order valence-corrected chi connectivity index (χ3v) is 2.07. The zero-order valence-corrected chi connectivity index (χ0v) is 8.57. The molecule has 0 aliphatic heterocycles. The van der Waals surface area contributed by atoms with Crippen molar-refractivity contribution in [1.29, 1.82) is 0 Å². The minimum absolute atomic E-state index is 0.304. The number of anilines is 1. The molecule has 4 nitrogen and oxygen atoms in total. The first kappa shape index (κ1) is 11.5. The topological polar surface area (TPSA) is 75.3 Å². The molecule has 1 aromatic rings. The first-order valence-corrected chi connectivity index (χ1v) is 5.01. The summed E-state index contributed by atoms with van der Waals surface area (Å²) in [4.78, 5) is 10.7. The van der Waals surface area contributed by atoms with Crippen molar-refractivity contribution in [3.8, 4) is 0 Å². The van der Waals surface area contributed by atoms with Gasteiger partial charge in [0, 0.05) is 12.2 Å². The highest BCUT2D eigenvalue weighted by atomic mass is 16.4. The summed E-state index contributed by atoms with van der Waals surface area (Å²) in [6.45, 7) is 1.51. The van der Waals surface area contributed by atoms with E-state index in [0.29, 0.717) is 12.1 Å². The van der Waals surface area contributed by atoms with Crippen LogP contribution < -0.4 is 11.1 Å². The number of unbranched alkanes of at least 4 members (excludes halogenated alkanes) is 1.